The molecule has 10 nitrogen and oxygen atoms in total. The lowest BCUT2D eigenvalue weighted by atomic mass is 9.84. The van der Waals surface area contributed by atoms with Crippen molar-refractivity contribution in [1.82, 2.24) is 20.1 Å². The summed E-state index contributed by atoms with van der Waals surface area (Å²) in [7, 11) is 0. The molecule has 1 amide bonds. The third-order valence-corrected chi connectivity index (χ3v) is 6.19. The maximum Gasteiger partial charge on any atom is 0.490 e. The summed E-state index contributed by atoms with van der Waals surface area (Å²) in [5, 5.41) is 17.5. The van der Waals surface area contributed by atoms with Crippen molar-refractivity contribution >= 4 is 23.5 Å². The van der Waals surface area contributed by atoms with E-state index in [2.05, 4.69) is 20.7 Å². The number of carboxylic acids is 1. The van der Waals surface area contributed by atoms with Crippen LogP contribution in [0.15, 0.2) is 53.3 Å². The molecule has 1 aliphatic rings. The molecule has 4 rings (SSSR count). The Morgan fingerprint density at radius 2 is 1.68 bits per heavy atom. The fraction of sp³-hybridized carbons (Fsp3) is 0.360. The fourth-order valence-corrected chi connectivity index (χ4v) is 4.18. The number of nitrogens with zero attached hydrogens (tertiary/aromatic N) is 2. The van der Waals surface area contributed by atoms with Gasteiger partial charge in [-0.05, 0) is 48.7 Å². The predicted octanol–water partition coefficient (Wildman–Crippen LogP) is 4.09. The van der Waals surface area contributed by atoms with E-state index in [-0.39, 0.29) is 29.5 Å². The fourth-order valence-electron chi connectivity index (χ4n) is 4.18. The van der Waals surface area contributed by atoms with E-state index in [0.29, 0.717) is 12.2 Å². The van der Waals surface area contributed by atoms with Crippen LogP contribution in [-0.4, -0.2) is 44.0 Å². The number of aromatic nitrogens is 3. The maximum atomic E-state index is 13.0. The van der Waals surface area contributed by atoms with Crippen molar-refractivity contribution in [3.05, 3.63) is 70.1 Å². The molecule has 0 bridgehead atoms. The molecule has 3 aromatic rings. The van der Waals surface area contributed by atoms with Crippen LogP contribution in [0.4, 0.5) is 38.0 Å². The summed E-state index contributed by atoms with van der Waals surface area (Å²) < 4.78 is 71.5. The highest BCUT2D eigenvalue weighted by Crippen LogP contribution is 2.30. The van der Waals surface area contributed by atoms with E-state index in [1.165, 1.54) is 12.1 Å². The molecule has 0 spiro atoms. The molecule has 0 saturated heterocycles. The van der Waals surface area contributed by atoms with Gasteiger partial charge < -0.3 is 21.5 Å². The second-order valence-corrected chi connectivity index (χ2v) is 9.14. The predicted molar refractivity (Wildman–Crippen MR) is 134 cm³/mol. The van der Waals surface area contributed by atoms with Crippen molar-refractivity contribution in [1.29, 1.82) is 0 Å². The molecule has 0 aliphatic heterocycles. The number of carbonyl (C=O) groups is 2. The Kier molecular flexibility index (Phi) is 9.80. The lowest BCUT2D eigenvalue weighted by molar-refractivity contribution is -0.192. The van der Waals surface area contributed by atoms with Crippen LogP contribution in [0.25, 0.3) is 5.69 Å². The second kappa shape index (κ2) is 12.9. The van der Waals surface area contributed by atoms with Crippen LogP contribution in [0, 0.1) is 5.92 Å². The number of nitrogens with one attached hydrogen (secondary N) is 3. The van der Waals surface area contributed by atoms with E-state index in [0.717, 1.165) is 48.1 Å². The summed E-state index contributed by atoms with van der Waals surface area (Å²) in [6, 6.07) is 11.8. The Balaban J connectivity index is 0.000000587. The van der Waals surface area contributed by atoms with E-state index < -0.39 is 29.6 Å². The minimum atomic E-state index is -5.08. The third kappa shape index (κ3) is 8.83. The minimum Gasteiger partial charge on any atom is -0.475 e. The van der Waals surface area contributed by atoms with Crippen molar-refractivity contribution in [2.75, 3.05) is 5.32 Å². The lowest BCUT2D eigenvalue weighted by Gasteiger charge is -2.30. The van der Waals surface area contributed by atoms with Crippen LogP contribution in [0.3, 0.4) is 0 Å². The topological polar surface area (TPSA) is 155 Å². The van der Waals surface area contributed by atoms with E-state index >= 15 is 0 Å². The van der Waals surface area contributed by atoms with Crippen molar-refractivity contribution in [2.45, 2.75) is 50.6 Å². The number of carbonyl (C=O) groups excluding carboxylic acids is 1. The molecule has 1 saturated carbocycles. The highest BCUT2D eigenvalue weighted by atomic mass is 19.4. The van der Waals surface area contributed by atoms with Gasteiger partial charge in [0.25, 0.3) is 0 Å². The first-order valence-electron chi connectivity index (χ1n) is 12.2. The monoisotopic (exact) mass is 588 g/mol. The van der Waals surface area contributed by atoms with Gasteiger partial charge in [-0.25, -0.2) is 9.59 Å². The number of carboxylic acid groups (broad SMARTS) is 1. The molecule has 1 fully saturated rings. The van der Waals surface area contributed by atoms with Crippen molar-refractivity contribution in [3.63, 3.8) is 0 Å². The number of rotatable bonds is 7. The molecule has 41 heavy (non-hydrogen) atoms. The van der Waals surface area contributed by atoms with Gasteiger partial charge in [-0.3, -0.25) is 9.78 Å². The van der Waals surface area contributed by atoms with E-state index in [4.69, 9.17) is 15.6 Å². The van der Waals surface area contributed by atoms with E-state index in [1.54, 1.807) is 12.1 Å². The smallest absolute Gasteiger partial charge is 0.475 e. The Morgan fingerprint density at radius 3 is 2.27 bits per heavy atom. The number of benzene rings is 2. The number of amides is 1. The van der Waals surface area contributed by atoms with Gasteiger partial charge in [-0.15, -0.1) is 5.10 Å². The summed E-state index contributed by atoms with van der Waals surface area (Å²) in [5.41, 5.74) is 5.64. The summed E-state index contributed by atoms with van der Waals surface area (Å²) in [6.45, 7) is 0.579. The maximum absolute atomic E-state index is 13.0. The van der Waals surface area contributed by atoms with Crippen molar-refractivity contribution in [2.24, 2.45) is 11.7 Å². The molecule has 222 valence electrons. The number of H-pyrrole nitrogens is 1. The molecule has 1 heterocycles. The first-order chi connectivity index (χ1) is 19.1. The highest BCUT2D eigenvalue weighted by Gasteiger charge is 2.38. The van der Waals surface area contributed by atoms with Gasteiger partial charge in [0.1, 0.15) is 0 Å². The number of anilines is 2. The number of nitrogens with two attached hydrogens (primary N) is 1. The number of primary amides is 1. The van der Waals surface area contributed by atoms with Crippen LogP contribution in [-0.2, 0) is 22.3 Å². The Hall–Kier alpha value is -4.34. The van der Waals surface area contributed by atoms with Crippen LogP contribution in [0.2, 0.25) is 0 Å². The number of halogens is 6. The zero-order valence-electron chi connectivity index (χ0n) is 21.2. The van der Waals surface area contributed by atoms with Crippen LogP contribution >= 0.6 is 0 Å². The van der Waals surface area contributed by atoms with Gasteiger partial charge in [-0.2, -0.15) is 31.0 Å². The largest absolute Gasteiger partial charge is 0.490 e. The molecule has 1 aliphatic carbocycles. The van der Waals surface area contributed by atoms with Gasteiger partial charge in [0.05, 0.1) is 17.2 Å². The summed E-state index contributed by atoms with van der Waals surface area (Å²) >= 11 is 0. The van der Waals surface area contributed by atoms with Gasteiger partial charge in [0, 0.05) is 18.3 Å². The average Bonchev–Trinajstić information content (AvgIpc) is 3.27. The van der Waals surface area contributed by atoms with E-state index in [9.17, 15) is 35.9 Å². The van der Waals surface area contributed by atoms with Crippen LogP contribution in [0.1, 0.15) is 36.8 Å². The van der Waals surface area contributed by atoms with Crippen molar-refractivity contribution in [3.8, 4) is 5.69 Å². The van der Waals surface area contributed by atoms with Gasteiger partial charge in [0.15, 0.2) is 0 Å². The summed E-state index contributed by atoms with van der Waals surface area (Å²) in [6.07, 6.45) is -5.81. The molecule has 16 heteroatoms. The number of aromatic amines is 1. The summed E-state index contributed by atoms with van der Waals surface area (Å²) in [4.78, 5) is 35.3. The summed E-state index contributed by atoms with van der Waals surface area (Å²) in [5.74, 6) is -3.08. The standard InChI is InChI=1S/C23H25F3N6O2.C2HF3O2/c24-23(25,26)15-4-3-5-17(12-15)32-22(34)30-21(31-32)29-16-10-8-14(9-11-16)13-28-19-7-2-1-6-18(19)20(27)33;3-2(4,5)1(6)7/h3-5,8-12,18-19,28H,1-2,6-7,13H2,(H2,27,33)(H2,29,30,31,34);(H,6,7)/t18-,19+;/m1./s1. The molecule has 2 aromatic carbocycles. The number of alkyl halides is 6. The second-order valence-electron chi connectivity index (χ2n) is 9.14. The molecule has 0 radical (unpaired) electrons. The number of aliphatic carboxylic acids is 1. The zero-order chi connectivity index (χ0) is 30.4. The molecule has 1 aromatic heterocycles. The molecule has 2 atom stereocenters. The zero-order valence-corrected chi connectivity index (χ0v) is 21.2. The Labute approximate surface area is 228 Å². The first-order valence-corrected chi connectivity index (χ1v) is 12.2. The van der Waals surface area contributed by atoms with Crippen LogP contribution < -0.4 is 22.1 Å². The molecule has 6 N–H and O–H groups in total. The average molecular weight is 589 g/mol. The third-order valence-electron chi connectivity index (χ3n) is 6.19. The van der Waals surface area contributed by atoms with Gasteiger partial charge in [0.2, 0.25) is 11.9 Å². The van der Waals surface area contributed by atoms with Crippen molar-refractivity contribution < 1.29 is 41.0 Å². The highest BCUT2D eigenvalue weighted by molar-refractivity contribution is 5.77. The quantitative estimate of drug-likeness (QED) is 0.261. The SMILES string of the molecule is NC(=O)[C@@H]1CCCC[C@@H]1NCc1ccc(Nc2nn(-c3cccc(C(F)(F)F)c3)c(=O)[nH]2)cc1.O=C(O)C(F)(F)F. The molecular formula is C25H26F6N6O4. The minimum absolute atomic E-state index is 0.00234. The van der Waals surface area contributed by atoms with Gasteiger partial charge >= 0.3 is 24.0 Å². The molecular weight excluding hydrogens is 562 g/mol. The molecule has 0 unspecified atom stereocenters. The lowest BCUT2D eigenvalue weighted by Crippen LogP contribution is -2.44. The first kappa shape index (κ1) is 31.2. The number of hydrogen-bond donors (Lipinski definition) is 5. The Bertz CT molecular complexity index is 1400. The van der Waals surface area contributed by atoms with Crippen LogP contribution in [0.5, 0.6) is 0 Å². The van der Waals surface area contributed by atoms with Gasteiger partial charge in [-0.1, -0.05) is 31.0 Å². The van der Waals surface area contributed by atoms with E-state index in [1.807, 2.05) is 12.1 Å². The Morgan fingerprint density at radius 1 is 1.05 bits per heavy atom. The number of hydrogen-bond acceptors (Lipinski definition) is 6. The normalized spacial score (nSPS) is 17.3.